The van der Waals surface area contributed by atoms with E-state index in [9.17, 15) is 20.2 Å². The summed E-state index contributed by atoms with van der Waals surface area (Å²) in [4.78, 5) is 29.8. The van der Waals surface area contributed by atoms with Gasteiger partial charge in [-0.05, 0) is 0 Å². The van der Waals surface area contributed by atoms with E-state index >= 15 is 0 Å². The van der Waals surface area contributed by atoms with Gasteiger partial charge in [0.2, 0.25) is 0 Å². The number of benzene rings is 4. The van der Waals surface area contributed by atoms with Gasteiger partial charge in [0.05, 0.1) is 0 Å². The van der Waals surface area contributed by atoms with E-state index in [1.54, 1.807) is 24.3 Å². The predicted molar refractivity (Wildman–Crippen MR) is 133 cm³/mol. The van der Waals surface area contributed by atoms with E-state index in [2.05, 4.69) is 22.1 Å². The molecule has 0 heterocycles. The minimum absolute atomic E-state index is 0.0354. The molecule has 0 aromatic heterocycles. The third kappa shape index (κ3) is 6.51. The van der Waals surface area contributed by atoms with Crippen molar-refractivity contribution < 1.29 is 34.4 Å². The van der Waals surface area contributed by atoms with E-state index in [0.29, 0.717) is 11.4 Å². The van der Waals surface area contributed by atoms with Crippen LogP contribution in [0.4, 0.5) is 22.7 Å². The zero-order chi connectivity index (χ0) is 24.6. The molecule has 168 valence electrons. The third-order valence-corrected chi connectivity index (χ3v) is 13.3. The zero-order valence-corrected chi connectivity index (χ0v) is 24.0. The van der Waals surface area contributed by atoms with Crippen molar-refractivity contribution in [2.45, 2.75) is 0 Å². The molecule has 0 saturated heterocycles. The summed E-state index contributed by atoms with van der Waals surface area (Å²) in [7, 11) is 0. The summed E-state index contributed by atoms with van der Waals surface area (Å²) in [5.74, 6) is 0. The van der Waals surface area contributed by atoms with E-state index < -0.39 is 34.4 Å². The molecule has 4 aromatic rings. The minimum atomic E-state index is -1.81. The molecular formula is C26H18HgN4O4. The van der Waals surface area contributed by atoms with Crippen LogP contribution in [0.5, 0.6) is 0 Å². The molecule has 0 spiro atoms. The van der Waals surface area contributed by atoms with Gasteiger partial charge in [0, 0.05) is 0 Å². The Bertz CT molecular complexity index is 1310. The van der Waals surface area contributed by atoms with Crippen LogP contribution >= 0.6 is 0 Å². The Labute approximate surface area is 213 Å². The van der Waals surface area contributed by atoms with Crippen LogP contribution < -0.4 is 6.14 Å². The molecule has 4 aromatic carbocycles. The third-order valence-electron chi connectivity index (χ3n) is 5.32. The number of hydrogen-bond acceptors (Lipinski definition) is 6. The summed E-state index contributed by atoms with van der Waals surface area (Å²) in [6.45, 7) is 0. The monoisotopic (exact) mass is 652 g/mol. The Morgan fingerprint density at radius 1 is 0.571 bits per heavy atom. The molecule has 0 bridgehead atoms. The van der Waals surface area contributed by atoms with Gasteiger partial charge in [-0.1, -0.05) is 0 Å². The average Bonchev–Trinajstić information content (AvgIpc) is 2.88. The number of rotatable bonds is 8. The Hall–Kier alpha value is -4.04. The molecule has 35 heavy (non-hydrogen) atoms. The quantitative estimate of drug-likeness (QED) is 0.115. The van der Waals surface area contributed by atoms with Crippen LogP contribution in [-0.2, 0) is 24.6 Å². The number of non-ortho nitro benzene ring substituents is 2. The van der Waals surface area contributed by atoms with Crippen molar-refractivity contribution in [3.05, 3.63) is 128 Å². The van der Waals surface area contributed by atoms with Gasteiger partial charge in [-0.25, -0.2) is 0 Å². The summed E-state index contributed by atoms with van der Waals surface area (Å²) >= 11 is -1.81. The van der Waals surface area contributed by atoms with Gasteiger partial charge in [0.25, 0.3) is 0 Å². The van der Waals surface area contributed by atoms with Crippen molar-refractivity contribution in [2.24, 2.45) is 9.98 Å². The first kappa shape index (κ1) is 24.1. The van der Waals surface area contributed by atoms with Gasteiger partial charge >= 0.3 is 214 Å². The Morgan fingerprint density at radius 2 is 0.943 bits per heavy atom. The zero-order valence-electron chi connectivity index (χ0n) is 18.5. The first-order chi connectivity index (χ1) is 17.0. The molecule has 0 radical (unpaired) electrons. The van der Waals surface area contributed by atoms with Crippen LogP contribution in [-0.4, -0.2) is 22.3 Å². The van der Waals surface area contributed by atoms with Crippen molar-refractivity contribution in [3.63, 3.8) is 0 Å². The van der Waals surface area contributed by atoms with Crippen LogP contribution in [0.15, 0.2) is 107 Å². The van der Waals surface area contributed by atoms with Gasteiger partial charge in [0.15, 0.2) is 0 Å². The van der Waals surface area contributed by atoms with Gasteiger partial charge in [-0.3, -0.25) is 0 Å². The Balaban J connectivity index is 1.54. The van der Waals surface area contributed by atoms with E-state index in [0.717, 1.165) is 11.1 Å². The van der Waals surface area contributed by atoms with Crippen LogP contribution in [0.2, 0.25) is 0 Å². The van der Waals surface area contributed by atoms with Crippen molar-refractivity contribution in [1.29, 1.82) is 0 Å². The maximum atomic E-state index is 10.8. The fourth-order valence-corrected chi connectivity index (χ4v) is 10.2. The van der Waals surface area contributed by atoms with Crippen molar-refractivity contribution >= 4 is 41.3 Å². The van der Waals surface area contributed by atoms with Gasteiger partial charge in [0.1, 0.15) is 0 Å². The van der Waals surface area contributed by atoms with Gasteiger partial charge < -0.3 is 0 Å². The number of nitro groups is 2. The summed E-state index contributed by atoms with van der Waals surface area (Å²) in [5.41, 5.74) is 3.45. The summed E-state index contributed by atoms with van der Waals surface area (Å²) in [6, 6.07) is 28.6. The number of nitrogens with zero attached hydrogens (tertiary/aromatic N) is 4. The second-order valence-electron chi connectivity index (χ2n) is 7.64. The predicted octanol–water partition coefficient (Wildman–Crippen LogP) is 5.04. The number of nitro benzene ring substituents is 2. The number of aliphatic imine (C=N–C) groups is 2. The van der Waals surface area contributed by atoms with Crippen molar-refractivity contribution in [3.8, 4) is 0 Å². The molecule has 9 heteroatoms. The Morgan fingerprint density at radius 3 is 1.31 bits per heavy atom. The molecule has 0 atom stereocenters. The molecule has 0 aliphatic rings. The molecular weight excluding hydrogens is 633 g/mol. The molecule has 0 unspecified atom stereocenters. The first-order valence-corrected chi connectivity index (χ1v) is 16.2. The summed E-state index contributed by atoms with van der Waals surface area (Å²) < 4.78 is 2.57. The van der Waals surface area contributed by atoms with Crippen LogP contribution in [0.3, 0.4) is 0 Å². The summed E-state index contributed by atoms with van der Waals surface area (Å²) in [6.07, 6.45) is 3.62. The van der Waals surface area contributed by atoms with Crippen LogP contribution in [0.25, 0.3) is 0 Å². The van der Waals surface area contributed by atoms with Crippen LogP contribution in [0.1, 0.15) is 11.1 Å². The molecule has 0 fully saturated rings. The standard InChI is InChI=1S/2C13H9N2O2.Hg/c2*16-15(17)13-8-6-12(7-9-13)14-10-11-4-2-1-3-5-11;/h2*1-4,6-10H;. The second kappa shape index (κ2) is 11.4. The topological polar surface area (TPSA) is 111 Å². The molecule has 0 aliphatic carbocycles. The second-order valence-corrected chi connectivity index (χ2v) is 14.9. The van der Waals surface area contributed by atoms with E-state index in [1.165, 1.54) is 30.4 Å². The molecule has 4 rings (SSSR count). The average molecular weight is 651 g/mol. The van der Waals surface area contributed by atoms with Crippen molar-refractivity contribution in [1.82, 2.24) is 0 Å². The van der Waals surface area contributed by atoms with Gasteiger partial charge in [-0.15, -0.1) is 0 Å². The fraction of sp³-hybridized carbons (Fsp3) is 0. The Kier molecular flexibility index (Phi) is 7.84. The fourth-order valence-electron chi connectivity index (χ4n) is 3.46. The molecule has 0 aliphatic heterocycles. The summed E-state index contributed by atoms with van der Waals surface area (Å²) in [5, 5.41) is 21.7. The van der Waals surface area contributed by atoms with E-state index in [4.69, 9.17) is 0 Å². The molecule has 8 nitrogen and oxygen atoms in total. The molecule has 0 saturated carbocycles. The molecule has 0 N–H and O–H groups in total. The van der Waals surface area contributed by atoms with Crippen LogP contribution in [0, 0.1) is 20.2 Å². The van der Waals surface area contributed by atoms with Crippen molar-refractivity contribution in [2.75, 3.05) is 0 Å². The first-order valence-electron chi connectivity index (χ1n) is 10.7. The normalized spacial score (nSPS) is 11.0. The number of hydrogen-bond donors (Lipinski definition) is 0. The SMILES string of the molecule is O=[N+]([O-])c1ccc(N=Cc2cccc[c]2[Hg][c]2ccccc2C=Nc2ccc([N+](=O)[O-])cc2)cc1. The maximum absolute atomic E-state index is 10.8. The van der Waals surface area contributed by atoms with E-state index in [-0.39, 0.29) is 11.4 Å². The molecule has 0 amide bonds. The van der Waals surface area contributed by atoms with E-state index in [1.807, 2.05) is 48.8 Å². The van der Waals surface area contributed by atoms with Gasteiger partial charge in [-0.2, -0.15) is 0 Å².